The zero-order valence-electron chi connectivity index (χ0n) is 9.42. The van der Waals surface area contributed by atoms with Crippen LogP contribution in [0.4, 0.5) is 10.3 Å². The van der Waals surface area contributed by atoms with Crippen LogP contribution in [0.25, 0.3) is 0 Å². The van der Waals surface area contributed by atoms with Crippen molar-refractivity contribution in [3.8, 4) is 0 Å². The van der Waals surface area contributed by atoms with Gasteiger partial charge in [0.05, 0.1) is 13.2 Å². The summed E-state index contributed by atoms with van der Waals surface area (Å²) in [4.78, 5) is 13.2. The summed E-state index contributed by atoms with van der Waals surface area (Å²) >= 11 is 0. The van der Waals surface area contributed by atoms with Gasteiger partial charge < -0.3 is 10.0 Å². The Morgan fingerprint density at radius 1 is 1.56 bits per heavy atom. The van der Waals surface area contributed by atoms with E-state index in [9.17, 15) is 9.18 Å². The Morgan fingerprint density at radius 3 is 2.50 bits per heavy atom. The summed E-state index contributed by atoms with van der Waals surface area (Å²) in [5.74, 6) is 0.449. The summed E-state index contributed by atoms with van der Waals surface area (Å²) in [6.07, 6.45) is -1.47. The number of alkyl halides is 1. The standard InChI is InChI=1S/C8H15FN4O2.ClH/c1-11(2)7-10-13(4-6(9)5-14)8(15)12(7)3;/h6,14H,4-5H2,1-3H3;1H. The number of nitrogens with zero attached hydrogens (tertiary/aromatic N) is 4. The molecule has 0 spiro atoms. The molecule has 0 radical (unpaired) electrons. The van der Waals surface area contributed by atoms with E-state index in [0.29, 0.717) is 5.95 Å². The molecule has 8 heteroatoms. The topological polar surface area (TPSA) is 63.3 Å². The van der Waals surface area contributed by atoms with Crippen LogP contribution in [0.1, 0.15) is 0 Å². The first-order valence-electron chi connectivity index (χ1n) is 4.53. The number of aliphatic hydroxyl groups excluding tert-OH is 1. The lowest BCUT2D eigenvalue weighted by Crippen LogP contribution is -2.28. The number of hydrogen-bond acceptors (Lipinski definition) is 4. The number of aromatic nitrogens is 3. The molecule has 0 aliphatic carbocycles. The van der Waals surface area contributed by atoms with E-state index in [0.717, 1.165) is 4.68 Å². The second-order valence-electron chi connectivity index (χ2n) is 3.50. The van der Waals surface area contributed by atoms with Gasteiger partial charge in [0.1, 0.15) is 6.17 Å². The van der Waals surface area contributed by atoms with Crippen molar-refractivity contribution in [3.63, 3.8) is 0 Å². The fourth-order valence-corrected chi connectivity index (χ4v) is 1.23. The molecule has 1 aromatic heterocycles. The van der Waals surface area contributed by atoms with Crippen molar-refractivity contribution in [2.45, 2.75) is 12.7 Å². The summed E-state index contributed by atoms with van der Waals surface area (Å²) in [5.41, 5.74) is -0.394. The van der Waals surface area contributed by atoms with Crippen molar-refractivity contribution in [2.75, 3.05) is 25.6 Å². The number of anilines is 1. The van der Waals surface area contributed by atoms with E-state index in [1.807, 2.05) is 0 Å². The predicted molar refractivity (Wildman–Crippen MR) is 61.0 cm³/mol. The lowest BCUT2D eigenvalue weighted by molar-refractivity contribution is 0.157. The molecule has 0 saturated heterocycles. The van der Waals surface area contributed by atoms with Gasteiger partial charge in [0, 0.05) is 21.1 Å². The van der Waals surface area contributed by atoms with E-state index in [1.54, 1.807) is 26.0 Å². The van der Waals surface area contributed by atoms with Gasteiger partial charge in [-0.3, -0.25) is 4.57 Å². The molecule has 6 nitrogen and oxygen atoms in total. The third kappa shape index (κ3) is 2.96. The molecule has 1 atom stereocenters. The highest BCUT2D eigenvalue weighted by atomic mass is 35.5. The molecule has 0 aromatic carbocycles. The molecular formula is C8H16ClFN4O2. The molecule has 1 heterocycles. The van der Waals surface area contributed by atoms with Crippen LogP contribution in [0.2, 0.25) is 0 Å². The zero-order valence-corrected chi connectivity index (χ0v) is 10.2. The van der Waals surface area contributed by atoms with Gasteiger partial charge in [-0.15, -0.1) is 17.5 Å². The Labute approximate surface area is 98.7 Å². The van der Waals surface area contributed by atoms with Gasteiger partial charge in [0.25, 0.3) is 0 Å². The van der Waals surface area contributed by atoms with Crippen LogP contribution in [0.3, 0.4) is 0 Å². The summed E-state index contributed by atoms with van der Waals surface area (Å²) in [5, 5.41) is 12.5. The van der Waals surface area contributed by atoms with E-state index in [2.05, 4.69) is 5.10 Å². The van der Waals surface area contributed by atoms with Crippen LogP contribution in [-0.4, -0.2) is 46.3 Å². The average Bonchev–Trinajstić information content (AvgIpc) is 2.46. The number of halogens is 2. The number of aliphatic hydroxyl groups is 1. The maximum Gasteiger partial charge on any atom is 0.347 e. The van der Waals surface area contributed by atoms with E-state index in [-0.39, 0.29) is 19.0 Å². The maximum atomic E-state index is 12.9. The lowest BCUT2D eigenvalue weighted by Gasteiger charge is -2.08. The van der Waals surface area contributed by atoms with E-state index in [1.165, 1.54) is 4.57 Å². The van der Waals surface area contributed by atoms with E-state index >= 15 is 0 Å². The van der Waals surface area contributed by atoms with Crippen LogP contribution >= 0.6 is 12.4 Å². The summed E-state index contributed by atoms with van der Waals surface area (Å²) in [7, 11) is 5.05. The first-order chi connectivity index (χ1) is 6.97. The fourth-order valence-electron chi connectivity index (χ4n) is 1.23. The average molecular weight is 255 g/mol. The third-order valence-corrected chi connectivity index (χ3v) is 1.99. The van der Waals surface area contributed by atoms with E-state index in [4.69, 9.17) is 5.11 Å². The highest BCUT2D eigenvalue weighted by Gasteiger charge is 2.14. The molecule has 1 rings (SSSR count). The molecule has 1 unspecified atom stereocenters. The highest BCUT2D eigenvalue weighted by molar-refractivity contribution is 5.85. The van der Waals surface area contributed by atoms with Crippen LogP contribution < -0.4 is 10.6 Å². The lowest BCUT2D eigenvalue weighted by atomic mass is 10.4. The normalized spacial score (nSPS) is 12.1. The number of hydrogen-bond donors (Lipinski definition) is 1. The minimum absolute atomic E-state index is 0. The van der Waals surface area contributed by atoms with Crippen LogP contribution in [0.15, 0.2) is 4.79 Å². The van der Waals surface area contributed by atoms with Crippen molar-refractivity contribution < 1.29 is 9.50 Å². The molecule has 0 saturated carbocycles. The first kappa shape index (κ1) is 14.9. The summed E-state index contributed by atoms with van der Waals surface area (Å²) in [6, 6.07) is 0. The SMILES string of the molecule is CN(C)c1nn(CC(F)CO)c(=O)n1C.Cl. The maximum absolute atomic E-state index is 12.9. The van der Waals surface area contributed by atoms with Crippen molar-refractivity contribution in [2.24, 2.45) is 7.05 Å². The Morgan fingerprint density at radius 2 is 2.12 bits per heavy atom. The molecule has 0 amide bonds. The quantitative estimate of drug-likeness (QED) is 0.780. The summed E-state index contributed by atoms with van der Waals surface area (Å²) < 4.78 is 15.2. The molecule has 0 fully saturated rings. The van der Waals surface area contributed by atoms with Crippen LogP contribution in [0.5, 0.6) is 0 Å². The molecule has 1 N–H and O–H groups in total. The Bertz CT molecular complexity index is 390. The van der Waals surface area contributed by atoms with Crippen LogP contribution in [-0.2, 0) is 13.6 Å². The third-order valence-electron chi connectivity index (χ3n) is 1.99. The summed E-state index contributed by atoms with van der Waals surface area (Å²) in [6.45, 7) is -0.836. The van der Waals surface area contributed by atoms with Gasteiger partial charge in [-0.25, -0.2) is 13.9 Å². The highest BCUT2D eigenvalue weighted by Crippen LogP contribution is 2.02. The molecule has 0 aliphatic heterocycles. The van der Waals surface area contributed by atoms with Gasteiger partial charge in [-0.2, -0.15) is 0 Å². The largest absolute Gasteiger partial charge is 0.393 e. The molecule has 0 aliphatic rings. The molecular weight excluding hydrogens is 239 g/mol. The molecule has 16 heavy (non-hydrogen) atoms. The van der Waals surface area contributed by atoms with Crippen molar-refractivity contribution in [1.82, 2.24) is 14.3 Å². The second-order valence-corrected chi connectivity index (χ2v) is 3.50. The minimum Gasteiger partial charge on any atom is -0.393 e. The molecule has 1 aromatic rings. The van der Waals surface area contributed by atoms with Gasteiger partial charge >= 0.3 is 5.69 Å². The first-order valence-corrected chi connectivity index (χ1v) is 4.53. The molecule has 0 bridgehead atoms. The van der Waals surface area contributed by atoms with Crippen molar-refractivity contribution >= 4 is 18.4 Å². The van der Waals surface area contributed by atoms with Crippen molar-refractivity contribution in [3.05, 3.63) is 10.5 Å². The fraction of sp³-hybridized carbons (Fsp3) is 0.750. The zero-order chi connectivity index (χ0) is 11.6. The predicted octanol–water partition coefficient (Wildman–Crippen LogP) is -0.600. The van der Waals surface area contributed by atoms with Gasteiger partial charge in [-0.1, -0.05) is 0 Å². The van der Waals surface area contributed by atoms with Gasteiger partial charge in [0.2, 0.25) is 5.95 Å². The monoisotopic (exact) mass is 254 g/mol. The Hall–Kier alpha value is -1.08. The second kappa shape index (κ2) is 5.86. The van der Waals surface area contributed by atoms with Crippen molar-refractivity contribution in [1.29, 1.82) is 0 Å². The van der Waals surface area contributed by atoms with E-state index < -0.39 is 18.5 Å². The Kier molecular flexibility index (Phi) is 5.46. The Balaban J connectivity index is 0.00000225. The number of rotatable bonds is 4. The smallest absolute Gasteiger partial charge is 0.347 e. The van der Waals surface area contributed by atoms with Gasteiger partial charge in [-0.05, 0) is 0 Å². The molecule has 94 valence electrons. The van der Waals surface area contributed by atoms with Crippen LogP contribution in [0, 0.1) is 0 Å². The minimum atomic E-state index is -1.47. The van der Waals surface area contributed by atoms with Gasteiger partial charge in [0.15, 0.2) is 0 Å².